The van der Waals surface area contributed by atoms with Gasteiger partial charge in [-0.3, -0.25) is 9.59 Å². The van der Waals surface area contributed by atoms with Gasteiger partial charge >= 0.3 is 0 Å². The molecule has 0 saturated carbocycles. The molecule has 4 rings (SSSR count). The van der Waals surface area contributed by atoms with Gasteiger partial charge in [-0.05, 0) is 44.2 Å². The van der Waals surface area contributed by atoms with Crippen molar-refractivity contribution in [2.75, 3.05) is 38.2 Å². The first-order valence-electron chi connectivity index (χ1n) is 11.6. The lowest BCUT2D eigenvalue weighted by molar-refractivity contribution is -0.135. The van der Waals surface area contributed by atoms with Crippen LogP contribution in [0, 0.1) is 13.8 Å². The Morgan fingerprint density at radius 3 is 2.67 bits per heavy atom. The lowest BCUT2D eigenvalue weighted by Gasteiger charge is -2.22. The monoisotopic (exact) mass is 513 g/mol. The van der Waals surface area contributed by atoms with Gasteiger partial charge in [-0.1, -0.05) is 23.7 Å². The van der Waals surface area contributed by atoms with Crippen LogP contribution in [-0.2, 0) is 20.9 Å². The Labute approximate surface area is 214 Å². The van der Waals surface area contributed by atoms with Gasteiger partial charge < -0.3 is 24.4 Å². The van der Waals surface area contributed by atoms with Gasteiger partial charge in [0.1, 0.15) is 18.3 Å². The van der Waals surface area contributed by atoms with Crippen LogP contribution in [0.2, 0.25) is 5.02 Å². The van der Waals surface area contributed by atoms with E-state index < -0.39 is 0 Å². The summed E-state index contributed by atoms with van der Waals surface area (Å²) in [5.41, 5.74) is 0.384. The van der Waals surface area contributed by atoms with Crippen LogP contribution in [0.4, 0.5) is 5.69 Å². The van der Waals surface area contributed by atoms with E-state index in [2.05, 4.69) is 15.4 Å². The summed E-state index contributed by atoms with van der Waals surface area (Å²) >= 11 is 6.19. The summed E-state index contributed by atoms with van der Waals surface area (Å²) in [5, 5.41) is 7.55. The van der Waals surface area contributed by atoms with Gasteiger partial charge in [0.05, 0.1) is 32.0 Å². The highest BCUT2D eigenvalue weighted by molar-refractivity contribution is 6.31. The molecule has 0 atom stereocenters. The largest absolute Gasteiger partial charge is 0.487 e. The molecule has 0 unspecified atom stereocenters. The summed E-state index contributed by atoms with van der Waals surface area (Å²) in [6, 6.07) is 12.2. The van der Waals surface area contributed by atoms with Crippen molar-refractivity contribution in [1.29, 1.82) is 0 Å². The quantitative estimate of drug-likeness (QED) is 0.570. The lowest BCUT2D eigenvalue weighted by atomic mass is 10.2. The van der Waals surface area contributed by atoms with Crippen LogP contribution in [0.1, 0.15) is 18.1 Å². The fourth-order valence-corrected chi connectivity index (χ4v) is 3.91. The van der Waals surface area contributed by atoms with Gasteiger partial charge in [-0.15, -0.1) is 0 Å². The van der Waals surface area contributed by atoms with Gasteiger partial charge in [0.2, 0.25) is 11.8 Å². The molecule has 0 saturated heterocycles. The zero-order valence-corrected chi connectivity index (χ0v) is 21.0. The number of nitrogens with one attached hydrogen (secondary N) is 1. The molecule has 1 aliphatic heterocycles. The number of halogens is 1. The van der Waals surface area contributed by atoms with Crippen molar-refractivity contribution >= 4 is 29.1 Å². The molecular formula is C25H28ClN5O5. The molecule has 0 bridgehead atoms. The van der Waals surface area contributed by atoms with Gasteiger partial charge in [0.15, 0.2) is 17.2 Å². The summed E-state index contributed by atoms with van der Waals surface area (Å²) in [4.78, 5) is 31.8. The zero-order chi connectivity index (χ0) is 25.5. The maximum atomic E-state index is 13.0. The molecule has 11 heteroatoms. The van der Waals surface area contributed by atoms with Crippen molar-refractivity contribution in [3.05, 3.63) is 59.1 Å². The maximum absolute atomic E-state index is 13.0. The molecule has 2 aromatic carbocycles. The van der Waals surface area contributed by atoms with Crippen LogP contribution in [0.3, 0.4) is 0 Å². The average Bonchev–Trinajstić information content (AvgIpc) is 3.17. The standard InChI is InChI=1S/C25H28ClN5O5/c1-17-27-18(2)31(29-17)10-9-25(33)30-11-12-34-13-14-35-22-5-3-4-6-23(22)36-21-8-7-19(26)15-20(21)28-24(32)16-30/h3-8,15H,9-14,16H2,1-2H3,(H,28,32). The molecule has 0 spiro atoms. The van der Waals surface area contributed by atoms with E-state index >= 15 is 0 Å². The number of aryl methyl sites for hydroxylation is 3. The van der Waals surface area contributed by atoms with Crippen molar-refractivity contribution in [2.24, 2.45) is 0 Å². The summed E-state index contributed by atoms with van der Waals surface area (Å²) in [6.07, 6.45) is 0.168. The first-order valence-corrected chi connectivity index (χ1v) is 12.0. The van der Waals surface area contributed by atoms with Crippen molar-refractivity contribution in [2.45, 2.75) is 26.8 Å². The molecule has 2 amide bonds. The van der Waals surface area contributed by atoms with E-state index in [0.29, 0.717) is 53.5 Å². The number of nitrogens with zero attached hydrogens (tertiary/aromatic N) is 4. The van der Waals surface area contributed by atoms with Crippen LogP contribution in [0.25, 0.3) is 0 Å². The number of hydrogen-bond donors (Lipinski definition) is 1. The summed E-state index contributed by atoms with van der Waals surface area (Å²) in [7, 11) is 0. The van der Waals surface area contributed by atoms with Crippen LogP contribution >= 0.6 is 11.6 Å². The minimum absolute atomic E-state index is 0.156. The van der Waals surface area contributed by atoms with Crippen LogP contribution in [-0.4, -0.2) is 64.4 Å². The Morgan fingerprint density at radius 1 is 1.08 bits per heavy atom. The number of amides is 2. The van der Waals surface area contributed by atoms with E-state index in [1.54, 1.807) is 41.9 Å². The average molecular weight is 514 g/mol. The van der Waals surface area contributed by atoms with E-state index in [4.69, 9.17) is 25.8 Å². The second kappa shape index (κ2) is 11.9. The van der Waals surface area contributed by atoms with Crippen LogP contribution in [0.5, 0.6) is 17.2 Å². The van der Waals surface area contributed by atoms with E-state index in [9.17, 15) is 9.59 Å². The molecule has 0 aliphatic carbocycles. The van der Waals surface area contributed by atoms with Gasteiger partial charge in [0.25, 0.3) is 0 Å². The topological polar surface area (TPSA) is 108 Å². The van der Waals surface area contributed by atoms with Crippen molar-refractivity contribution in [3.63, 3.8) is 0 Å². The van der Waals surface area contributed by atoms with Crippen molar-refractivity contribution < 1.29 is 23.8 Å². The summed E-state index contributed by atoms with van der Waals surface area (Å²) in [5.74, 6) is 2.21. The predicted molar refractivity (Wildman–Crippen MR) is 134 cm³/mol. The lowest BCUT2D eigenvalue weighted by Crippen LogP contribution is -2.40. The van der Waals surface area contributed by atoms with E-state index in [1.165, 1.54) is 4.90 Å². The number of carbonyl (C=O) groups excluding carboxylic acids is 2. The first kappa shape index (κ1) is 25.5. The van der Waals surface area contributed by atoms with Gasteiger partial charge in [-0.2, -0.15) is 5.10 Å². The molecule has 1 aromatic heterocycles. The second-order valence-electron chi connectivity index (χ2n) is 8.19. The molecule has 1 aliphatic rings. The zero-order valence-electron chi connectivity index (χ0n) is 20.2. The number of fused-ring (bicyclic) bond motifs is 2. The first-order chi connectivity index (χ1) is 17.4. The second-order valence-corrected chi connectivity index (χ2v) is 8.63. The predicted octanol–water partition coefficient (Wildman–Crippen LogP) is 3.61. The number of carbonyl (C=O) groups is 2. The number of benzene rings is 2. The molecule has 2 heterocycles. The smallest absolute Gasteiger partial charge is 0.244 e. The van der Waals surface area contributed by atoms with E-state index in [0.717, 1.165) is 5.82 Å². The van der Waals surface area contributed by atoms with E-state index in [1.807, 2.05) is 19.1 Å². The highest BCUT2D eigenvalue weighted by Gasteiger charge is 2.20. The summed E-state index contributed by atoms with van der Waals surface area (Å²) < 4.78 is 19.2. The Bertz CT molecular complexity index is 1230. The molecular weight excluding hydrogens is 486 g/mol. The van der Waals surface area contributed by atoms with Crippen LogP contribution in [0.15, 0.2) is 42.5 Å². The minimum Gasteiger partial charge on any atom is -0.487 e. The molecule has 36 heavy (non-hydrogen) atoms. The third-order valence-corrected chi connectivity index (χ3v) is 5.70. The molecule has 1 N–H and O–H groups in total. The molecule has 3 aromatic rings. The normalized spacial score (nSPS) is 14.9. The Morgan fingerprint density at radius 2 is 1.89 bits per heavy atom. The Hall–Kier alpha value is -3.63. The number of aromatic nitrogens is 3. The minimum atomic E-state index is -0.386. The Balaban J connectivity index is 1.52. The highest BCUT2D eigenvalue weighted by atomic mass is 35.5. The third-order valence-electron chi connectivity index (χ3n) is 5.46. The van der Waals surface area contributed by atoms with Crippen molar-refractivity contribution in [3.8, 4) is 17.2 Å². The molecule has 0 fully saturated rings. The van der Waals surface area contributed by atoms with E-state index in [-0.39, 0.29) is 37.9 Å². The number of para-hydroxylation sites is 2. The molecule has 190 valence electrons. The number of anilines is 1. The number of rotatable bonds is 3. The number of hydrogen-bond acceptors (Lipinski definition) is 7. The number of ether oxygens (including phenoxy) is 3. The third kappa shape index (κ3) is 6.73. The van der Waals surface area contributed by atoms with Gasteiger partial charge in [-0.25, -0.2) is 9.67 Å². The fourth-order valence-electron chi connectivity index (χ4n) is 3.74. The molecule has 0 radical (unpaired) electrons. The highest BCUT2D eigenvalue weighted by Crippen LogP contribution is 2.36. The molecule has 10 nitrogen and oxygen atoms in total. The van der Waals surface area contributed by atoms with Crippen molar-refractivity contribution in [1.82, 2.24) is 19.7 Å². The SMILES string of the molecule is Cc1nc(C)n(CCC(=O)N2CCOCCOc3ccccc3Oc3ccc(Cl)cc3NC(=O)C2)n1. The maximum Gasteiger partial charge on any atom is 0.244 e. The fraction of sp³-hybridized carbons (Fsp3) is 0.360. The van der Waals surface area contributed by atoms with Gasteiger partial charge in [0, 0.05) is 18.0 Å². The Kier molecular flexibility index (Phi) is 8.40. The summed E-state index contributed by atoms with van der Waals surface area (Å²) in [6.45, 7) is 4.95. The van der Waals surface area contributed by atoms with Crippen LogP contribution < -0.4 is 14.8 Å².